The highest BCUT2D eigenvalue weighted by Gasteiger charge is 2.15. The molecule has 2 aromatic heterocycles. The Morgan fingerprint density at radius 3 is 2.57 bits per heavy atom. The van der Waals surface area contributed by atoms with Gasteiger partial charge in [-0.15, -0.1) is 0 Å². The number of hydrogen-bond acceptors (Lipinski definition) is 6. The number of anilines is 2. The van der Waals surface area contributed by atoms with Crippen molar-refractivity contribution in [3.8, 4) is 22.8 Å². The van der Waals surface area contributed by atoms with Crippen molar-refractivity contribution in [3.05, 3.63) is 55.1 Å². The van der Waals surface area contributed by atoms with E-state index in [-0.39, 0.29) is 6.79 Å². The molecule has 0 saturated heterocycles. The van der Waals surface area contributed by atoms with E-state index in [9.17, 15) is 0 Å². The van der Waals surface area contributed by atoms with Crippen molar-refractivity contribution in [2.24, 2.45) is 0 Å². The summed E-state index contributed by atoms with van der Waals surface area (Å²) in [4.78, 5) is 14.9. The molecule has 0 unspecified atom stereocenters. The van der Waals surface area contributed by atoms with Crippen LogP contribution in [-0.2, 0) is 0 Å². The van der Waals surface area contributed by atoms with E-state index in [0.29, 0.717) is 0 Å². The van der Waals surface area contributed by atoms with E-state index >= 15 is 0 Å². The van der Waals surface area contributed by atoms with Crippen LogP contribution in [0.3, 0.4) is 0 Å². The Kier molecular flexibility index (Phi) is 3.27. The molecule has 0 fully saturated rings. The molecular formula is C17H14N4O2. The van der Waals surface area contributed by atoms with Crippen LogP contribution in [0.5, 0.6) is 11.5 Å². The zero-order valence-electron chi connectivity index (χ0n) is 12.5. The van der Waals surface area contributed by atoms with Crippen LogP contribution in [0.1, 0.15) is 0 Å². The first-order valence-corrected chi connectivity index (χ1v) is 7.17. The molecule has 1 aliphatic rings. The lowest BCUT2D eigenvalue weighted by Gasteiger charge is -2.18. The number of hydrogen-bond donors (Lipinski definition) is 0. The predicted octanol–water partition coefficient (Wildman–Crippen LogP) is 3.04. The van der Waals surface area contributed by atoms with Crippen molar-refractivity contribution in [2.45, 2.75) is 0 Å². The average molecular weight is 306 g/mol. The van der Waals surface area contributed by atoms with Gasteiger partial charge in [0.1, 0.15) is 0 Å². The summed E-state index contributed by atoms with van der Waals surface area (Å²) in [5.41, 5.74) is 2.76. The van der Waals surface area contributed by atoms with Crippen LogP contribution in [0.15, 0.2) is 55.1 Å². The van der Waals surface area contributed by atoms with Gasteiger partial charge in [0, 0.05) is 36.8 Å². The number of fused-ring (bicyclic) bond motifs is 1. The maximum Gasteiger partial charge on any atom is 0.231 e. The van der Waals surface area contributed by atoms with Crippen molar-refractivity contribution >= 4 is 11.5 Å². The Morgan fingerprint density at radius 1 is 0.957 bits per heavy atom. The summed E-state index contributed by atoms with van der Waals surface area (Å²) in [7, 11) is 1.94. The molecule has 1 aliphatic heterocycles. The molecule has 0 bridgehead atoms. The van der Waals surface area contributed by atoms with E-state index in [2.05, 4.69) is 15.0 Å². The summed E-state index contributed by atoms with van der Waals surface area (Å²) >= 11 is 0. The minimum absolute atomic E-state index is 0.267. The van der Waals surface area contributed by atoms with E-state index in [1.165, 1.54) is 0 Å². The first-order chi connectivity index (χ1) is 11.3. The lowest BCUT2D eigenvalue weighted by molar-refractivity contribution is 0.174. The minimum Gasteiger partial charge on any atom is -0.454 e. The number of ether oxygens (including phenoxy) is 2. The van der Waals surface area contributed by atoms with Crippen molar-refractivity contribution in [2.75, 3.05) is 18.7 Å². The van der Waals surface area contributed by atoms with E-state index in [1.54, 1.807) is 24.8 Å². The molecule has 1 aromatic carbocycles. The molecule has 4 rings (SSSR count). The lowest BCUT2D eigenvalue weighted by Crippen LogP contribution is -2.11. The van der Waals surface area contributed by atoms with Gasteiger partial charge in [0.05, 0.1) is 18.1 Å². The van der Waals surface area contributed by atoms with Crippen molar-refractivity contribution in [1.82, 2.24) is 15.0 Å². The maximum absolute atomic E-state index is 5.41. The molecule has 6 heteroatoms. The van der Waals surface area contributed by atoms with Crippen LogP contribution < -0.4 is 14.4 Å². The molecule has 0 aliphatic carbocycles. The molecule has 0 N–H and O–H groups in total. The van der Waals surface area contributed by atoms with Crippen molar-refractivity contribution in [1.29, 1.82) is 0 Å². The molecule has 0 saturated carbocycles. The molecule has 23 heavy (non-hydrogen) atoms. The highest BCUT2D eigenvalue weighted by atomic mass is 16.7. The molecule has 0 spiro atoms. The second-order valence-electron chi connectivity index (χ2n) is 5.09. The fourth-order valence-corrected chi connectivity index (χ4v) is 2.39. The van der Waals surface area contributed by atoms with Crippen LogP contribution in [0, 0.1) is 0 Å². The third-order valence-electron chi connectivity index (χ3n) is 3.70. The SMILES string of the molecule is CN(c1ccc2c(c1)OCO2)c1cnc(-c2ccncc2)cn1. The van der Waals surface area contributed by atoms with Gasteiger partial charge in [-0.3, -0.25) is 9.97 Å². The summed E-state index contributed by atoms with van der Waals surface area (Å²) in [6.07, 6.45) is 6.99. The van der Waals surface area contributed by atoms with Gasteiger partial charge in [-0.05, 0) is 24.3 Å². The van der Waals surface area contributed by atoms with Gasteiger partial charge in [-0.25, -0.2) is 4.98 Å². The van der Waals surface area contributed by atoms with Crippen LogP contribution in [0.25, 0.3) is 11.3 Å². The molecule has 6 nitrogen and oxygen atoms in total. The number of pyridine rings is 1. The fourth-order valence-electron chi connectivity index (χ4n) is 2.39. The molecule has 0 atom stereocenters. The van der Waals surface area contributed by atoms with Crippen LogP contribution in [-0.4, -0.2) is 28.8 Å². The molecule has 3 heterocycles. The molecule has 3 aromatic rings. The van der Waals surface area contributed by atoms with Crippen LogP contribution in [0.4, 0.5) is 11.5 Å². The molecule has 114 valence electrons. The van der Waals surface area contributed by atoms with Crippen LogP contribution >= 0.6 is 0 Å². The van der Waals surface area contributed by atoms with E-state index in [0.717, 1.165) is 34.3 Å². The highest BCUT2D eigenvalue weighted by molar-refractivity contribution is 5.65. The summed E-state index contributed by atoms with van der Waals surface area (Å²) < 4.78 is 10.7. The Morgan fingerprint density at radius 2 is 1.78 bits per heavy atom. The molecular weight excluding hydrogens is 292 g/mol. The van der Waals surface area contributed by atoms with Crippen molar-refractivity contribution < 1.29 is 9.47 Å². The standard InChI is InChI=1S/C17H14N4O2/c1-21(13-2-3-15-16(8-13)23-11-22-15)17-10-19-14(9-20-17)12-4-6-18-7-5-12/h2-10H,11H2,1H3. The highest BCUT2D eigenvalue weighted by Crippen LogP contribution is 2.36. The number of aromatic nitrogens is 3. The third-order valence-corrected chi connectivity index (χ3v) is 3.70. The van der Waals surface area contributed by atoms with Gasteiger partial charge in [0.25, 0.3) is 0 Å². The quantitative estimate of drug-likeness (QED) is 0.741. The lowest BCUT2D eigenvalue weighted by atomic mass is 10.2. The summed E-state index contributed by atoms with van der Waals surface area (Å²) in [5, 5.41) is 0. The van der Waals surface area contributed by atoms with E-state index in [4.69, 9.17) is 9.47 Å². The maximum atomic E-state index is 5.41. The number of nitrogens with zero attached hydrogens (tertiary/aromatic N) is 4. The second-order valence-corrected chi connectivity index (χ2v) is 5.09. The Balaban J connectivity index is 1.60. The number of benzene rings is 1. The topological polar surface area (TPSA) is 60.4 Å². The van der Waals surface area contributed by atoms with E-state index < -0.39 is 0 Å². The van der Waals surface area contributed by atoms with Gasteiger partial charge < -0.3 is 14.4 Å². The number of rotatable bonds is 3. The van der Waals surface area contributed by atoms with Gasteiger partial charge in [0.2, 0.25) is 6.79 Å². The summed E-state index contributed by atoms with van der Waals surface area (Å²) in [6.45, 7) is 0.267. The fraction of sp³-hybridized carbons (Fsp3) is 0.118. The monoisotopic (exact) mass is 306 g/mol. The van der Waals surface area contributed by atoms with Crippen LogP contribution in [0.2, 0.25) is 0 Å². The normalized spacial score (nSPS) is 12.2. The Labute approximate surface area is 133 Å². The summed E-state index contributed by atoms with van der Waals surface area (Å²) in [6, 6.07) is 9.61. The zero-order chi connectivity index (χ0) is 15.6. The van der Waals surface area contributed by atoms with Gasteiger partial charge >= 0.3 is 0 Å². The van der Waals surface area contributed by atoms with Gasteiger partial charge in [-0.2, -0.15) is 0 Å². The third kappa shape index (κ3) is 2.55. The minimum atomic E-state index is 0.267. The van der Waals surface area contributed by atoms with E-state index in [1.807, 2.05) is 42.3 Å². The van der Waals surface area contributed by atoms with Gasteiger partial charge in [0.15, 0.2) is 17.3 Å². The molecule has 0 radical (unpaired) electrons. The average Bonchev–Trinajstić information content (AvgIpc) is 3.10. The smallest absolute Gasteiger partial charge is 0.231 e. The first-order valence-electron chi connectivity index (χ1n) is 7.17. The Hall–Kier alpha value is -3.15. The van der Waals surface area contributed by atoms with Gasteiger partial charge in [-0.1, -0.05) is 0 Å². The second kappa shape index (κ2) is 5.57. The largest absolute Gasteiger partial charge is 0.454 e. The summed E-state index contributed by atoms with van der Waals surface area (Å²) in [5.74, 6) is 2.26. The zero-order valence-corrected chi connectivity index (χ0v) is 12.5. The first kappa shape index (κ1) is 13.5. The van der Waals surface area contributed by atoms with Crippen molar-refractivity contribution in [3.63, 3.8) is 0 Å². The predicted molar refractivity (Wildman–Crippen MR) is 85.9 cm³/mol. The molecule has 0 amide bonds. The Bertz CT molecular complexity index is 822.